The Morgan fingerprint density at radius 1 is 1.50 bits per heavy atom. The highest BCUT2D eigenvalue weighted by atomic mass is 32.2. The summed E-state index contributed by atoms with van der Waals surface area (Å²) in [7, 11) is 1.70. The summed E-state index contributed by atoms with van der Waals surface area (Å²) in [4.78, 5) is 13.7. The molecule has 1 N–H and O–H groups in total. The molecule has 1 saturated heterocycles. The predicted octanol–water partition coefficient (Wildman–Crippen LogP) is 1.93. The van der Waals surface area contributed by atoms with Crippen LogP contribution in [0.2, 0.25) is 0 Å². The van der Waals surface area contributed by atoms with Crippen LogP contribution in [0.1, 0.15) is 27.2 Å². The maximum absolute atomic E-state index is 11.8. The van der Waals surface area contributed by atoms with E-state index in [0.29, 0.717) is 6.04 Å². The van der Waals surface area contributed by atoms with Crippen LogP contribution in [0.4, 0.5) is 4.79 Å². The number of hydrogen-bond acceptors (Lipinski definition) is 2. The third kappa shape index (κ3) is 2.56. The molecule has 1 atom stereocenters. The summed E-state index contributed by atoms with van der Waals surface area (Å²) in [6, 6.07) is 0.449. The van der Waals surface area contributed by atoms with Gasteiger partial charge in [-0.15, -0.1) is 0 Å². The molecule has 0 bridgehead atoms. The normalized spacial score (nSPS) is 22.1. The first kappa shape index (κ1) is 11.7. The third-order valence-electron chi connectivity index (χ3n) is 2.43. The molecule has 1 rings (SSSR count). The second-order valence-corrected chi connectivity index (χ2v) is 5.76. The first-order valence-electron chi connectivity index (χ1n) is 5.05. The Labute approximate surface area is 90.6 Å². The Balaban J connectivity index is 2.75. The lowest BCUT2D eigenvalue weighted by molar-refractivity contribution is 0.119. The fourth-order valence-electron chi connectivity index (χ4n) is 1.86. The number of urea groups is 1. The molecule has 4 heteroatoms. The summed E-state index contributed by atoms with van der Waals surface area (Å²) < 4.78 is 0. The number of thioether (sulfide) groups is 1. The maximum Gasteiger partial charge on any atom is 0.317 e. The lowest BCUT2D eigenvalue weighted by Gasteiger charge is -2.39. The number of carbonyl (C=O) groups is 1. The standard InChI is InChI=1S/C10H20N2OS/c1-10(2,3)12(9(13)11-4)8-5-6-14-7-8/h8H,5-7H2,1-4H3,(H,11,13)/t8-/m1/s1. The van der Waals surface area contributed by atoms with Gasteiger partial charge in [0.2, 0.25) is 0 Å². The van der Waals surface area contributed by atoms with Gasteiger partial charge in [-0.25, -0.2) is 4.79 Å². The van der Waals surface area contributed by atoms with E-state index in [1.54, 1.807) is 7.05 Å². The second-order valence-electron chi connectivity index (χ2n) is 4.61. The van der Waals surface area contributed by atoms with Crippen molar-refractivity contribution in [2.45, 2.75) is 38.8 Å². The van der Waals surface area contributed by atoms with Gasteiger partial charge in [-0.3, -0.25) is 0 Å². The van der Waals surface area contributed by atoms with Gasteiger partial charge < -0.3 is 10.2 Å². The van der Waals surface area contributed by atoms with Crippen LogP contribution in [0.25, 0.3) is 0 Å². The minimum absolute atomic E-state index is 0.0463. The van der Waals surface area contributed by atoms with Gasteiger partial charge in [0, 0.05) is 24.4 Å². The Morgan fingerprint density at radius 3 is 2.50 bits per heavy atom. The summed E-state index contributed by atoms with van der Waals surface area (Å²) in [6.45, 7) is 6.27. The molecule has 0 aromatic rings. The number of nitrogens with one attached hydrogen (secondary N) is 1. The summed E-state index contributed by atoms with van der Waals surface area (Å²) in [6.07, 6.45) is 1.12. The fourth-order valence-corrected chi connectivity index (χ4v) is 3.06. The second kappa shape index (κ2) is 4.43. The fraction of sp³-hybridized carbons (Fsp3) is 0.900. The molecule has 0 aromatic heterocycles. The van der Waals surface area contributed by atoms with Crippen molar-refractivity contribution in [2.24, 2.45) is 0 Å². The zero-order valence-corrected chi connectivity index (χ0v) is 10.3. The first-order chi connectivity index (χ1) is 6.46. The molecular weight excluding hydrogens is 196 g/mol. The highest BCUT2D eigenvalue weighted by Crippen LogP contribution is 2.27. The SMILES string of the molecule is CNC(=O)N([C@@H]1CCSC1)C(C)(C)C. The average molecular weight is 216 g/mol. The smallest absolute Gasteiger partial charge is 0.317 e. The van der Waals surface area contributed by atoms with Gasteiger partial charge in [0.15, 0.2) is 0 Å². The number of nitrogens with zero attached hydrogens (tertiary/aromatic N) is 1. The molecule has 1 aliphatic rings. The maximum atomic E-state index is 11.8. The van der Waals surface area contributed by atoms with E-state index in [4.69, 9.17) is 0 Å². The molecule has 1 aliphatic heterocycles. The molecule has 0 saturated carbocycles. The van der Waals surface area contributed by atoms with E-state index in [1.165, 1.54) is 5.75 Å². The third-order valence-corrected chi connectivity index (χ3v) is 3.57. The molecule has 1 heterocycles. The van der Waals surface area contributed by atoms with Crippen LogP contribution in [0.5, 0.6) is 0 Å². The Bertz CT molecular complexity index is 207. The van der Waals surface area contributed by atoms with E-state index in [2.05, 4.69) is 26.1 Å². The predicted molar refractivity (Wildman–Crippen MR) is 61.8 cm³/mol. The lowest BCUT2D eigenvalue weighted by Crippen LogP contribution is -2.54. The molecule has 0 aliphatic carbocycles. The van der Waals surface area contributed by atoms with Crippen molar-refractivity contribution in [2.75, 3.05) is 18.6 Å². The summed E-state index contributed by atoms with van der Waals surface area (Å²) in [5.41, 5.74) is -0.0876. The molecule has 1 fully saturated rings. The summed E-state index contributed by atoms with van der Waals surface area (Å²) >= 11 is 1.93. The van der Waals surface area contributed by atoms with Gasteiger partial charge in [-0.2, -0.15) is 11.8 Å². The van der Waals surface area contributed by atoms with Gasteiger partial charge in [-0.1, -0.05) is 0 Å². The first-order valence-corrected chi connectivity index (χ1v) is 6.21. The van der Waals surface area contributed by atoms with E-state index in [0.717, 1.165) is 12.2 Å². The van der Waals surface area contributed by atoms with Gasteiger partial charge in [0.25, 0.3) is 0 Å². The molecule has 2 amide bonds. The topological polar surface area (TPSA) is 32.3 Å². The van der Waals surface area contributed by atoms with Gasteiger partial charge in [0.05, 0.1) is 0 Å². The van der Waals surface area contributed by atoms with Crippen molar-refractivity contribution in [1.29, 1.82) is 0 Å². The molecule has 0 radical (unpaired) electrons. The monoisotopic (exact) mass is 216 g/mol. The Morgan fingerprint density at radius 2 is 2.14 bits per heavy atom. The van der Waals surface area contributed by atoms with Crippen LogP contribution in [-0.4, -0.2) is 41.1 Å². The van der Waals surface area contributed by atoms with Crippen molar-refractivity contribution in [3.05, 3.63) is 0 Å². The minimum Gasteiger partial charge on any atom is -0.341 e. The molecule has 0 unspecified atom stereocenters. The average Bonchev–Trinajstić information content (AvgIpc) is 2.54. The Kier molecular flexibility index (Phi) is 3.70. The Hall–Kier alpha value is -0.380. The molecule has 82 valence electrons. The van der Waals surface area contributed by atoms with Crippen LogP contribution in [-0.2, 0) is 0 Å². The van der Waals surface area contributed by atoms with E-state index < -0.39 is 0 Å². The number of rotatable bonds is 1. The van der Waals surface area contributed by atoms with E-state index in [9.17, 15) is 4.79 Å². The number of carbonyl (C=O) groups excluding carboxylic acids is 1. The van der Waals surface area contributed by atoms with Crippen molar-refractivity contribution in [3.63, 3.8) is 0 Å². The van der Waals surface area contributed by atoms with E-state index in [-0.39, 0.29) is 11.6 Å². The molecule has 3 nitrogen and oxygen atoms in total. The summed E-state index contributed by atoms with van der Waals surface area (Å²) in [5.74, 6) is 2.25. The number of hydrogen-bond donors (Lipinski definition) is 1. The molecule has 0 spiro atoms. The van der Waals surface area contributed by atoms with Gasteiger partial charge in [0.1, 0.15) is 0 Å². The van der Waals surface area contributed by atoms with Crippen LogP contribution >= 0.6 is 11.8 Å². The van der Waals surface area contributed by atoms with Crippen LogP contribution in [0.15, 0.2) is 0 Å². The quantitative estimate of drug-likeness (QED) is 0.726. The summed E-state index contributed by atoms with van der Waals surface area (Å²) in [5, 5.41) is 2.73. The van der Waals surface area contributed by atoms with Gasteiger partial charge >= 0.3 is 6.03 Å². The van der Waals surface area contributed by atoms with E-state index in [1.807, 2.05) is 16.7 Å². The van der Waals surface area contributed by atoms with Crippen LogP contribution < -0.4 is 5.32 Å². The molecule has 14 heavy (non-hydrogen) atoms. The highest BCUT2D eigenvalue weighted by molar-refractivity contribution is 7.99. The van der Waals surface area contributed by atoms with Crippen molar-refractivity contribution in [1.82, 2.24) is 10.2 Å². The van der Waals surface area contributed by atoms with E-state index >= 15 is 0 Å². The van der Waals surface area contributed by atoms with Crippen molar-refractivity contribution >= 4 is 17.8 Å². The van der Waals surface area contributed by atoms with Crippen molar-refractivity contribution in [3.8, 4) is 0 Å². The minimum atomic E-state index is -0.0876. The lowest BCUT2D eigenvalue weighted by atomic mass is 10.0. The highest BCUT2D eigenvalue weighted by Gasteiger charge is 2.34. The number of amides is 2. The molecular formula is C10H20N2OS. The van der Waals surface area contributed by atoms with Crippen LogP contribution in [0, 0.1) is 0 Å². The van der Waals surface area contributed by atoms with Crippen molar-refractivity contribution < 1.29 is 4.79 Å². The largest absolute Gasteiger partial charge is 0.341 e. The zero-order chi connectivity index (χ0) is 10.8. The van der Waals surface area contributed by atoms with Gasteiger partial charge in [-0.05, 0) is 32.9 Å². The zero-order valence-electron chi connectivity index (χ0n) is 9.46. The van der Waals surface area contributed by atoms with Crippen LogP contribution in [0.3, 0.4) is 0 Å². The molecule has 0 aromatic carbocycles.